The van der Waals surface area contributed by atoms with Crippen molar-refractivity contribution in [2.45, 2.75) is 12.6 Å². The number of carbonyl (C=O) groups is 2. The zero-order chi connectivity index (χ0) is 26.8. The van der Waals surface area contributed by atoms with Gasteiger partial charge in [-0.15, -0.1) is 0 Å². The number of aromatic carboxylic acids is 1. The summed E-state index contributed by atoms with van der Waals surface area (Å²) in [7, 11) is 1.58. The van der Waals surface area contributed by atoms with Crippen molar-refractivity contribution in [3.05, 3.63) is 100 Å². The van der Waals surface area contributed by atoms with Crippen LogP contribution in [0.3, 0.4) is 0 Å². The highest BCUT2D eigenvalue weighted by Crippen LogP contribution is 2.24. The van der Waals surface area contributed by atoms with Crippen LogP contribution >= 0.6 is 0 Å². The number of ether oxygens (including phenoxy) is 3. The third kappa shape index (κ3) is 4.88. The van der Waals surface area contributed by atoms with Crippen molar-refractivity contribution in [1.82, 2.24) is 4.57 Å². The first-order valence-corrected chi connectivity index (χ1v) is 11.7. The van der Waals surface area contributed by atoms with E-state index in [2.05, 4.69) is 0 Å². The molecule has 3 aromatic carbocycles. The lowest BCUT2D eigenvalue weighted by Gasteiger charge is -2.16. The maximum atomic E-state index is 14.4. The second-order valence-electron chi connectivity index (χ2n) is 8.71. The molecule has 0 spiro atoms. The monoisotopic (exact) mass is 518 g/mol. The SMILES string of the molecule is COc1ccc(OCC2CN(c3ccc(Cn4cc(C(=O)O)c(=O)c5c(F)cccc54)cc3)C(=O)O2)cc1. The molecule has 1 aliphatic heterocycles. The molecule has 1 aliphatic rings. The number of fused-ring (bicyclic) bond motifs is 1. The van der Waals surface area contributed by atoms with Crippen LogP contribution in [0.2, 0.25) is 0 Å². The quantitative estimate of drug-likeness (QED) is 0.371. The third-order valence-electron chi connectivity index (χ3n) is 6.26. The second kappa shape index (κ2) is 10.3. The largest absolute Gasteiger partial charge is 0.497 e. The van der Waals surface area contributed by atoms with Gasteiger partial charge in [0.15, 0.2) is 6.10 Å². The molecule has 1 saturated heterocycles. The number of carboxylic acid groups (broad SMARTS) is 1. The number of benzene rings is 3. The Hall–Kier alpha value is -4.86. The lowest BCUT2D eigenvalue weighted by atomic mass is 10.1. The number of amides is 1. The van der Waals surface area contributed by atoms with E-state index in [1.807, 2.05) is 0 Å². The molecule has 10 heteroatoms. The highest BCUT2D eigenvalue weighted by Gasteiger charge is 2.32. The number of carbonyl (C=O) groups excluding carboxylic acids is 1. The van der Waals surface area contributed by atoms with Crippen LogP contribution in [0.25, 0.3) is 10.9 Å². The molecule has 0 radical (unpaired) electrons. The van der Waals surface area contributed by atoms with Crippen molar-refractivity contribution < 1.29 is 33.3 Å². The van der Waals surface area contributed by atoms with Crippen LogP contribution in [-0.2, 0) is 11.3 Å². The number of methoxy groups -OCH3 is 1. The summed E-state index contributed by atoms with van der Waals surface area (Å²) in [5.74, 6) is -0.867. The first-order chi connectivity index (χ1) is 18.3. The van der Waals surface area contributed by atoms with E-state index in [0.29, 0.717) is 23.7 Å². The summed E-state index contributed by atoms with van der Waals surface area (Å²) in [6, 6.07) is 18.3. The van der Waals surface area contributed by atoms with Crippen LogP contribution in [0.4, 0.5) is 14.9 Å². The van der Waals surface area contributed by atoms with Crippen LogP contribution in [0.1, 0.15) is 15.9 Å². The van der Waals surface area contributed by atoms with E-state index in [1.165, 1.54) is 21.7 Å². The number of rotatable bonds is 8. The number of hydrogen-bond acceptors (Lipinski definition) is 6. The summed E-state index contributed by atoms with van der Waals surface area (Å²) in [6.07, 6.45) is 0.265. The minimum atomic E-state index is -1.43. The van der Waals surface area contributed by atoms with Gasteiger partial charge in [-0.1, -0.05) is 18.2 Å². The van der Waals surface area contributed by atoms with Gasteiger partial charge in [-0.2, -0.15) is 0 Å². The Kier molecular flexibility index (Phi) is 6.69. The van der Waals surface area contributed by atoms with Gasteiger partial charge in [0.25, 0.3) is 0 Å². The first-order valence-electron chi connectivity index (χ1n) is 11.7. The van der Waals surface area contributed by atoms with Crippen LogP contribution in [-0.4, -0.2) is 48.1 Å². The molecule has 0 aliphatic carbocycles. The predicted molar refractivity (Wildman–Crippen MR) is 137 cm³/mol. The first kappa shape index (κ1) is 24.8. The van der Waals surface area contributed by atoms with Crippen LogP contribution in [0.5, 0.6) is 11.5 Å². The number of halogens is 1. The van der Waals surface area contributed by atoms with Crippen LogP contribution in [0, 0.1) is 5.82 Å². The zero-order valence-electron chi connectivity index (χ0n) is 20.3. The fourth-order valence-corrected chi connectivity index (χ4v) is 4.34. The summed E-state index contributed by atoms with van der Waals surface area (Å²) in [4.78, 5) is 38.1. The molecule has 0 bridgehead atoms. The summed E-state index contributed by atoms with van der Waals surface area (Å²) in [5, 5.41) is 9.16. The molecule has 1 fully saturated rings. The van der Waals surface area contributed by atoms with Crippen LogP contribution in [0.15, 0.2) is 77.7 Å². The second-order valence-corrected chi connectivity index (χ2v) is 8.71. The van der Waals surface area contributed by atoms with Gasteiger partial charge in [0.2, 0.25) is 5.43 Å². The molecular formula is C28H23FN2O7. The Bertz CT molecular complexity index is 1570. The molecule has 1 atom stereocenters. The Labute approximate surface area is 216 Å². The van der Waals surface area contributed by atoms with E-state index in [-0.39, 0.29) is 24.1 Å². The molecule has 2 heterocycles. The molecule has 1 unspecified atom stereocenters. The predicted octanol–water partition coefficient (Wildman–Crippen LogP) is 4.30. The minimum Gasteiger partial charge on any atom is -0.497 e. The zero-order valence-corrected chi connectivity index (χ0v) is 20.3. The highest BCUT2D eigenvalue weighted by molar-refractivity contribution is 5.93. The molecule has 1 aromatic heterocycles. The van der Waals surface area contributed by atoms with Gasteiger partial charge in [-0.3, -0.25) is 9.69 Å². The summed E-state index contributed by atoms with van der Waals surface area (Å²) >= 11 is 0. The van der Waals surface area contributed by atoms with Crippen molar-refractivity contribution in [2.24, 2.45) is 0 Å². The number of pyridine rings is 1. The molecule has 5 rings (SSSR count). The summed E-state index contributed by atoms with van der Waals surface area (Å²) < 4.78 is 32.2. The molecule has 0 saturated carbocycles. The van der Waals surface area contributed by atoms with E-state index >= 15 is 0 Å². The Morgan fingerprint density at radius 1 is 1.05 bits per heavy atom. The molecule has 1 amide bonds. The molecule has 9 nitrogen and oxygen atoms in total. The minimum absolute atomic E-state index is 0.184. The van der Waals surface area contributed by atoms with E-state index in [4.69, 9.17) is 14.2 Å². The molecule has 194 valence electrons. The molecular weight excluding hydrogens is 495 g/mol. The lowest BCUT2D eigenvalue weighted by Crippen LogP contribution is -2.26. The van der Waals surface area contributed by atoms with Crippen molar-refractivity contribution in [3.8, 4) is 11.5 Å². The number of cyclic esters (lactones) is 1. The van der Waals surface area contributed by atoms with Gasteiger partial charge in [0.05, 0.1) is 24.6 Å². The number of carboxylic acids is 1. The van der Waals surface area contributed by atoms with Gasteiger partial charge < -0.3 is 23.9 Å². The van der Waals surface area contributed by atoms with Crippen molar-refractivity contribution in [3.63, 3.8) is 0 Å². The summed E-state index contributed by atoms with van der Waals surface area (Å²) in [6.45, 7) is 0.679. The molecule has 38 heavy (non-hydrogen) atoms. The number of aromatic nitrogens is 1. The van der Waals surface area contributed by atoms with Gasteiger partial charge in [-0.25, -0.2) is 14.0 Å². The number of anilines is 1. The van der Waals surface area contributed by atoms with Gasteiger partial charge >= 0.3 is 12.1 Å². The Morgan fingerprint density at radius 3 is 2.45 bits per heavy atom. The average Bonchev–Trinajstić information content (AvgIpc) is 3.29. The fourth-order valence-electron chi connectivity index (χ4n) is 4.34. The number of hydrogen-bond donors (Lipinski definition) is 1. The molecule has 1 N–H and O–H groups in total. The Balaban J connectivity index is 1.30. The normalized spacial score (nSPS) is 14.9. The van der Waals surface area contributed by atoms with Crippen molar-refractivity contribution >= 4 is 28.7 Å². The molecule has 4 aromatic rings. The van der Waals surface area contributed by atoms with E-state index in [1.54, 1.807) is 61.7 Å². The third-order valence-corrected chi connectivity index (χ3v) is 6.26. The maximum Gasteiger partial charge on any atom is 0.414 e. The van der Waals surface area contributed by atoms with Crippen molar-refractivity contribution in [1.29, 1.82) is 0 Å². The fraction of sp³-hybridized carbons (Fsp3) is 0.179. The highest BCUT2D eigenvalue weighted by atomic mass is 19.1. The van der Waals surface area contributed by atoms with Gasteiger partial charge in [0.1, 0.15) is 29.5 Å². The van der Waals surface area contributed by atoms with Gasteiger partial charge in [0, 0.05) is 18.4 Å². The smallest absolute Gasteiger partial charge is 0.414 e. The van der Waals surface area contributed by atoms with Gasteiger partial charge in [-0.05, 0) is 54.1 Å². The van der Waals surface area contributed by atoms with Crippen LogP contribution < -0.4 is 19.8 Å². The van der Waals surface area contributed by atoms with E-state index in [0.717, 1.165) is 11.6 Å². The standard InChI is InChI=1S/C28H23FN2O7/c1-36-19-9-11-20(12-10-19)37-16-21-14-31(28(35)38-21)18-7-5-17(6-8-18)13-30-15-22(27(33)34)26(32)25-23(29)3-2-4-24(25)30/h2-12,15,21H,13-14,16H2,1H3,(H,33,34). The summed E-state index contributed by atoms with van der Waals surface area (Å²) in [5.41, 5.74) is 0.281. The Morgan fingerprint density at radius 2 is 1.76 bits per heavy atom. The maximum absolute atomic E-state index is 14.4. The number of nitrogens with zero attached hydrogens (tertiary/aromatic N) is 2. The topological polar surface area (TPSA) is 107 Å². The van der Waals surface area contributed by atoms with E-state index in [9.17, 15) is 23.9 Å². The van der Waals surface area contributed by atoms with Crippen molar-refractivity contribution in [2.75, 3.05) is 25.2 Å². The van der Waals surface area contributed by atoms with E-state index < -0.39 is 35.0 Å². The average molecular weight is 518 g/mol. The lowest BCUT2D eigenvalue weighted by molar-refractivity contribution is 0.0694.